The maximum Gasteiger partial charge on any atom is 0.230 e. The molecule has 27 heavy (non-hydrogen) atoms. The lowest BCUT2D eigenvalue weighted by molar-refractivity contribution is -0.131. The van der Waals surface area contributed by atoms with Crippen molar-refractivity contribution < 1.29 is 9.59 Å². The average molecular weight is 414 g/mol. The zero-order valence-electron chi connectivity index (χ0n) is 16.2. The summed E-state index contributed by atoms with van der Waals surface area (Å²) in [6.07, 6.45) is 3.24. The molecule has 1 aromatic heterocycles. The Morgan fingerprint density at radius 1 is 1.33 bits per heavy atom. The summed E-state index contributed by atoms with van der Waals surface area (Å²) in [7, 11) is 0. The number of rotatable bonds is 8. The van der Waals surface area contributed by atoms with Gasteiger partial charge in [0.05, 0.1) is 5.75 Å². The number of hydrogen-bond acceptors (Lipinski definition) is 6. The highest BCUT2D eigenvalue weighted by atomic mass is 35.5. The van der Waals surface area contributed by atoms with E-state index in [-0.39, 0.29) is 23.6 Å². The summed E-state index contributed by atoms with van der Waals surface area (Å²) in [5.41, 5.74) is 0. The highest BCUT2D eigenvalue weighted by molar-refractivity contribution is 7.99. The quantitative estimate of drug-likeness (QED) is 0.305. The maximum absolute atomic E-state index is 11.9. The largest absolute Gasteiger partial charge is 0.355 e. The molecule has 1 aliphatic heterocycles. The summed E-state index contributed by atoms with van der Waals surface area (Å²) in [4.78, 5) is 36.3. The number of amides is 2. The van der Waals surface area contributed by atoms with Crippen molar-refractivity contribution >= 4 is 41.0 Å². The summed E-state index contributed by atoms with van der Waals surface area (Å²) in [6, 6.07) is 1.84. The van der Waals surface area contributed by atoms with Crippen LogP contribution in [0.5, 0.6) is 0 Å². The molecule has 1 saturated heterocycles. The Morgan fingerprint density at radius 3 is 2.78 bits per heavy atom. The molecule has 7 nitrogen and oxygen atoms in total. The van der Waals surface area contributed by atoms with Gasteiger partial charge in [0, 0.05) is 45.2 Å². The third kappa shape index (κ3) is 6.84. The van der Waals surface area contributed by atoms with Crippen molar-refractivity contribution in [3.8, 4) is 0 Å². The van der Waals surface area contributed by atoms with Crippen molar-refractivity contribution in [2.75, 3.05) is 36.8 Å². The van der Waals surface area contributed by atoms with Crippen molar-refractivity contribution in [2.24, 2.45) is 0 Å². The van der Waals surface area contributed by atoms with E-state index in [1.54, 1.807) is 13.0 Å². The van der Waals surface area contributed by atoms with E-state index in [2.05, 4.69) is 27.1 Å². The van der Waals surface area contributed by atoms with Crippen molar-refractivity contribution in [3.05, 3.63) is 11.2 Å². The van der Waals surface area contributed by atoms with Crippen LogP contribution in [-0.2, 0) is 9.59 Å². The standard InChI is InChI=1S/C18H28ClN5O2S/c1-4-5-6-7-20-17(26)12-27-18-21-15(19)10-16(22-18)23-8-9-24(14(3)25)13(2)11-23/h10,13H,4-9,11-12H2,1-3H3,(H,20,26). The van der Waals surface area contributed by atoms with E-state index < -0.39 is 0 Å². The summed E-state index contributed by atoms with van der Waals surface area (Å²) in [5.74, 6) is 1.06. The van der Waals surface area contributed by atoms with Crippen LogP contribution in [0, 0.1) is 0 Å². The molecule has 1 aromatic rings. The van der Waals surface area contributed by atoms with Crippen LogP contribution in [0.25, 0.3) is 0 Å². The second kappa shape index (κ2) is 10.7. The Kier molecular flexibility index (Phi) is 8.63. The van der Waals surface area contributed by atoms with Crippen LogP contribution >= 0.6 is 23.4 Å². The predicted molar refractivity (Wildman–Crippen MR) is 109 cm³/mol. The molecule has 0 radical (unpaired) electrons. The van der Waals surface area contributed by atoms with Gasteiger partial charge in [-0.05, 0) is 13.3 Å². The molecule has 1 fully saturated rings. The first kappa shape index (κ1) is 21.8. The lowest BCUT2D eigenvalue weighted by Crippen LogP contribution is -2.53. The Balaban J connectivity index is 1.92. The lowest BCUT2D eigenvalue weighted by atomic mass is 10.2. The molecule has 0 bridgehead atoms. The number of hydrogen-bond donors (Lipinski definition) is 1. The first-order valence-corrected chi connectivity index (χ1v) is 10.7. The number of nitrogens with zero attached hydrogens (tertiary/aromatic N) is 4. The highest BCUT2D eigenvalue weighted by Gasteiger charge is 2.26. The number of thioether (sulfide) groups is 1. The average Bonchev–Trinajstić information content (AvgIpc) is 2.62. The molecule has 1 aliphatic rings. The van der Waals surface area contributed by atoms with Crippen molar-refractivity contribution in [2.45, 2.75) is 51.2 Å². The van der Waals surface area contributed by atoms with Gasteiger partial charge < -0.3 is 15.1 Å². The van der Waals surface area contributed by atoms with E-state index in [4.69, 9.17) is 11.6 Å². The Morgan fingerprint density at radius 2 is 2.11 bits per heavy atom. The maximum atomic E-state index is 11.9. The van der Waals surface area contributed by atoms with E-state index in [0.717, 1.165) is 25.1 Å². The minimum absolute atomic E-state index is 0.0232. The van der Waals surface area contributed by atoms with Gasteiger partial charge >= 0.3 is 0 Å². The zero-order valence-corrected chi connectivity index (χ0v) is 17.8. The van der Waals surface area contributed by atoms with Gasteiger partial charge in [-0.25, -0.2) is 9.97 Å². The number of unbranched alkanes of at least 4 members (excludes halogenated alkanes) is 2. The second-order valence-electron chi connectivity index (χ2n) is 6.68. The normalized spacial score (nSPS) is 17.1. The Bertz CT molecular complexity index is 661. The van der Waals surface area contributed by atoms with Crippen molar-refractivity contribution in [1.82, 2.24) is 20.2 Å². The highest BCUT2D eigenvalue weighted by Crippen LogP contribution is 2.24. The molecule has 0 saturated carbocycles. The van der Waals surface area contributed by atoms with Gasteiger partial charge in [0.1, 0.15) is 11.0 Å². The summed E-state index contributed by atoms with van der Waals surface area (Å²) >= 11 is 7.44. The van der Waals surface area contributed by atoms with E-state index in [0.29, 0.717) is 36.5 Å². The van der Waals surface area contributed by atoms with Crippen LogP contribution < -0.4 is 10.2 Å². The zero-order chi connectivity index (χ0) is 19.8. The minimum atomic E-state index is -0.0232. The van der Waals surface area contributed by atoms with Gasteiger partial charge in [-0.15, -0.1) is 0 Å². The molecule has 0 aliphatic carbocycles. The number of piperazine rings is 1. The smallest absolute Gasteiger partial charge is 0.230 e. The number of carbonyl (C=O) groups excluding carboxylic acids is 2. The number of halogens is 1. The van der Waals surface area contributed by atoms with Crippen LogP contribution in [-0.4, -0.2) is 64.7 Å². The lowest BCUT2D eigenvalue weighted by Gasteiger charge is -2.40. The molecule has 150 valence electrons. The fourth-order valence-corrected chi connectivity index (χ4v) is 3.94. The van der Waals surface area contributed by atoms with E-state index in [1.807, 2.05) is 11.8 Å². The molecule has 1 atom stereocenters. The fraction of sp³-hybridized carbons (Fsp3) is 0.667. The molecule has 2 heterocycles. The van der Waals surface area contributed by atoms with Crippen LogP contribution in [0.1, 0.15) is 40.0 Å². The van der Waals surface area contributed by atoms with Crippen molar-refractivity contribution in [1.29, 1.82) is 0 Å². The molecular weight excluding hydrogens is 386 g/mol. The topological polar surface area (TPSA) is 78.4 Å². The first-order chi connectivity index (χ1) is 12.9. The van der Waals surface area contributed by atoms with E-state index in [1.165, 1.54) is 11.8 Å². The molecule has 1 unspecified atom stereocenters. The monoisotopic (exact) mass is 413 g/mol. The number of anilines is 1. The van der Waals surface area contributed by atoms with E-state index >= 15 is 0 Å². The minimum Gasteiger partial charge on any atom is -0.355 e. The van der Waals surface area contributed by atoms with Gasteiger partial charge in [-0.3, -0.25) is 9.59 Å². The van der Waals surface area contributed by atoms with Gasteiger partial charge in [0.2, 0.25) is 11.8 Å². The summed E-state index contributed by atoms with van der Waals surface area (Å²) in [6.45, 7) is 8.49. The number of aromatic nitrogens is 2. The second-order valence-corrected chi connectivity index (χ2v) is 8.01. The van der Waals surface area contributed by atoms with Crippen LogP contribution in [0.2, 0.25) is 5.15 Å². The van der Waals surface area contributed by atoms with Gasteiger partial charge in [-0.1, -0.05) is 43.1 Å². The fourth-order valence-electron chi connectivity index (χ4n) is 3.03. The Labute approximate surface area is 170 Å². The van der Waals surface area contributed by atoms with Crippen LogP contribution in [0.4, 0.5) is 5.82 Å². The van der Waals surface area contributed by atoms with Gasteiger partial charge in [0.15, 0.2) is 5.16 Å². The molecular formula is C18H28ClN5O2S. The van der Waals surface area contributed by atoms with Crippen molar-refractivity contribution in [3.63, 3.8) is 0 Å². The summed E-state index contributed by atoms with van der Waals surface area (Å²) < 4.78 is 0. The molecule has 0 spiro atoms. The molecule has 9 heteroatoms. The summed E-state index contributed by atoms with van der Waals surface area (Å²) in [5, 5.41) is 3.75. The van der Waals surface area contributed by atoms with Gasteiger partial charge in [-0.2, -0.15) is 0 Å². The van der Waals surface area contributed by atoms with Gasteiger partial charge in [0.25, 0.3) is 0 Å². The Hall–Kier alpha value is -1.54. The SMILES string of the molecule is CCCCCNC(=O)CSc1nc(Cl)cc(N2CCN(C(C)=O)C(C)C2)n1. The third-order valence-corrected chi connectivity index (χ3v) is 5.49. The van der Waals surface area contributed by atoms with Crippen LogP contribution in [0.15, 0.2) is 11.2 Å². The number of nitrogens with one attached hydrogen (secondary N) is 1. The molecule has 2 amide bonds. The molecule has 0 aromatic carbocycles. The first-order valence-electron chi connectivity index (χ1n) is 9.37. The van der Waals surface area contributed by atoms with Crippen LogP contribution in [0.3, 0.4) is 0 Å². The predicted octanol–water partition coefficient (Wildman–Crippen LogP) is 2.59. The third-order valence-electron chi connectivity index (χ3n) is 4.45. The number of carbonyl (C=O) groups is 2. The molecule has 1 N–H and O–H groups in total. The van der Waals surface area contributed by atoms with E-state index in [9.17, 15) is 9.59 Å². The molecule has 2 rings (SSSR count).